The third-order valence-electron chi connectivity index (χ3n) is 2.36. The topological polar surface area (TPSA) is 37.4 Å². The van der Waals surface area contributed by atoms with Crippen LogP contribution in [0.4, 0.5) is 0 Å². The number of hydrogen-bond donors (Lipinski definition) is 0. The lowest BCUT2D eigenvalue weighted by Crippen LogP contribution is -2.31. The van der Waals surface area contributed by atoms with Crippen LogP contribution in [-0.4, -0.2) is 39.2 Å². The van der Waals surface area contributed by atoms with Crippen molar-refractivity contribution in [3.05, 3.63) is 12.2 Å². The van der Waals surface area contributed by atoms with Crippen molar-refractivity contribution in [2.45, 2.75) is 12.8 Å². The third-order valence-corrected chi connectivity index (χ3v) is 3.33. The molecular weight excluding hydrogens is 222 g/mol. The normalized spacial score (nSPS) is 25.7. The van der Waals surface area contributed by atoms with Gasteiger partial charge in [0, 0.05) is 17.2 Å². The molecule has 0 amide bonds. The summed E-state index contributed by atoms with van der Waals surface area (Å²) in [6.07, 6.45) is 5.95. The van der Waals surface area contributed by atoms with Gasteiger partial charge >= 0.3 is 0 Å². The lowest BCUT2D eigenvalue weighted by atomic mass is 9.98. The first kappa shape index (κ1) is 12.0. The molecule has 1 atom stereocenters. The van der Waals surface area contributed by atoms with Crippen molar-refractivity contribution in [1.82, 2.24) is 4.90 Å². The van der Waals surface area contributed by atoms with Crippen LogP contribution in [0.5, 0.6) is 0 Å². The first-order chi connectivity index (χ1) is 6.47. The monoisotopic (exact) mass is 237 g/mol. The first-order valence-electron chi connectivity index (χ1n) is 4.75. The fourth-order valence-corrected chi connectivity index (χ4v) is 2.29. The highest BCUT2D eigenvalue weighted by Gasteiger charge is 2.14. The Hall–Kier alpha value is -0.0600. The van der Waals surface area contributed by atoms with Crippen molar-refractivity contribution in [1.29, 1.82) is 0 Å². The van der Waals surface area contributed by atoms with Crippen LogP contribution in [0.15, 0.2) is 12.2 Å². The molecule has 0 aromatic heterocycles. The zero-order valence-corrected chi connectivity index (χ0v) is 9.89. The van der Waals surface area contributed by atoms with Gasteiger partial charge < -0.3 is 4.90 Å². The van der Waals surface area contributed by atoms with Gasteiger partial charge in [-0.1, -0.05) is 12.2 Å². The number of rotatable bonds is 3. The Bertz CT molecular complexity index is 300. The molecule has 1 rings (SSSR count). The minimum atomic E-state index is -3.37. The molecule has 1 aliphatic rings. The summed E-state index contributed by atoms with van der Waals surface area (Å²) in [6, 6.07) is 0. The van der Waals surface area contributed by atoms with Crippen molar-refractivity contribution in [2.75, 3.05) is 25.9 Å². The van der Waals surface area contributed by atoms with Gasteiger partial charge in [0.2, 0.25) is 9.05 Å². The fourth-order valence-electron chi connectivity index (χ4n) is 1.73. The standard InChI is InChI=1S/C9H16ClNO2S/c1-11-6-2-4-9(8-11)5-3-7-14(10,12)13/h3,5,9H,2,4,6-8H2,1H3/b5-3+. The Kier molecular flexibility index (Phi) is 4.41. The summed E-state index contributed by atoms with van der Waals surface area (Å²) < 4.78 is 21.3. The van der Waals surface area contributed by atoms with E-state index in [9.17, 15) is 8.42 Å². The smallest absolute Gasteiger partial charge is 0.236 e. The second-order valence-corrected chi connectivity index (χ2v) is 6.62. The minimum Gasteiger partial charge on any atom is -0.306 e. The number of hydrogen-bond acceptors (Lipinski definition) is 3. The Morgan fingerprint density at radius 2 is 2.29 bits per heavy atom. The minimum absolute atomic E-state index is 0.0607. The van der Waals surface area contributed by atoms with Crippen molar-refractivity contribution < 1.29 is 8.42 Å². The van der Waals surface area contributed by atoms with Crippen molar-refractivity contribution >= 4 is 19.7 Å². The van der Waals surface area contributed by atoms with E-state index in [-0.39, 0.29) is 5.75 Å². The molecule has 0 radical (unpaired) electrons. The molecule has 1 heterocycles. The van der Waals surface area contributed by atoms with Gasteiger partial charge in [0.05, 0.1) is 5.75 Å². The Balaban J connectivity index is 2.36. The van der Waals surface area contributed by atoms with E-state index >= 15 is 0 Å². The fraction of sp³-hybridized carbons (Fsp3) is 0.778. The van der Waals surface area contributed by atoms with E-state index < -0.39 is 9.05 Å². The van der Waals surface area contributed by atoms with Crippen LogP contribution in [0, 0.1) is 5.92 Å². The van der Waals surface area contributed by atoms with Crippen molar-refractivity contribution in [2.24, 2.45) is 5.92 Å². The summed E-state index contributed by atoms with van der Waals surface area (Å²) >= 11 is 0. The number of halogens is 1. The van der Waals surface area contributed by atoms with E-state index in [0.29, 0.717) is 5.92 Å². The molecule has 14 heavy (non-hydrogen) atoms. The van der Waals surface area contributed by atoms with Gasteiger partial charge in [-0.25, -0.2) is 8.42 Å². The quantitative estimate of drug-likeness (QED) is 0.551. The van der Waals surface area contributed by atoms with Crippen LogP contribution < -0.4 is 0 Å². The van der Waals surface area contributed by atoms with Crippen LogP contribution in [0.25, 0.3) is 0 Å². The summed E-state index contributed by atoms with van der Waals surface area (Å²) in [6.45, 7) is 2.15. The molecule has 0 aromatic rings. The van der Waals surface area contributed by atoms with Gasteiger partial charge in [-0.05, 0) is 32.4 Å². The molecule has 0 saturated carbocycles. The highest BCUT2D eigenvalue weighted by molar-refractivity contribution is 8.13. The highest BCUT2D eigenvalue weighted by Crippen LogP contribution is 2.16. The van der Waals surface area contributed by atoms with Gasteiger partial charge in [-0.2, -0.15) is 0 Å². The maximum Gasteiger partial charge on any atom is 0.236 e. The van der Waals surface area contributed by atoms with E-state index in [1.165, 1.54) is 6.42 Å². The summed E-state index contributed by atoms with van der Waals surface area (Å²) in [5, 5.41) is 0. The predicted molar refractivity (Wildman–Crippen MR) is 59.0 cm³/mol. The maximum absolute atomic E-state index is 10.6. The second-order valence-electron chi connectivity index (χ2n) is 3.80. The molecule has 82 valence electrons. The average molecular weight is 238 g/mol. The lowest BCUT2D eigenvalue weighted by Gasteiger charge is -2.27. The lowest BCUT2D eigenvalue weighted by molar-refractivity contribution is 0.237. The Morgan fingerprint density at radius 1 is 1.57 bits per heavy atom. The van der Waals surface area contributed by atoms with Gasteiger partial charge in [-0.3, -0.25) is 0 Å². The van der Waals surface area contributed by atoms with E-state index in [1.807, 2.05) is 6.08 Å². The van der Waals surface area contributed by atoms with Gasteiger partial charge in [0.15, 0.2) is 0 Å². The zero-order valence-electron chi connectivity index (χ0n) is 8.32. The second kappa shape index (κ2) is 5.14. The molecule has 1 aliphatic heterocycles. The van der Waals surface area contributed by atoms with Crippen LogP contribution in [0.3, 0.4) is 0 Å². The highest BCUT2D eigenvalue weighted by atomic mass is 35.7. The molecule has 0 spiro atoms. The SMILES string of the molecule is CN1CCCC(/C=C/CS(=O)(=O)Cl)C1. The summed E-state index contributed by atoms with van der Waals surface area (Å²) in [7, 11) is 3.81. The van der Waals surface area contributed by atoms with Gasteiger partial charge in [0.25, 0.3) is 0 Å². The van der Waals surface area contributed by atoms with Crippen molar-refractivity contribution in [3.8, 4) is 0 Å². The molecule has 0 aliphatic carbocycles. The van der Waals surface area contributed by atoms with Crippen LogP contribution in [0.2, 0.25) is 0 Å². The van der Waals surface area contributed by atoms with E-state index in [4.69, 9.17) is 10.7 Å². The van der Waals surface area contributed by atoms with E-state index in [2.05, 4.69) is 11.9 Å². The maximum atomic E-state index is 10.6. The first-order valence-corrected chi connectivity index (χ1v) is 7.23. The zero-order chi connectivity index (χ0) is 10.6. The molecule has 3 nitrogen and oxygen atoms in total. The van der Waals surface area contributed by atoms with Crippen LogP contribution >= 0.6 is 10.7 Å². The Labute approximate surface area is 90.2 Å². The number of likely N-dealkylation sites (tertiary alicyclic amines) is 1. The molecule has 5 heteroatoms. The molecule has 1 saturated heterocycles. The number of piperidine rings is 1. The molecule has 0 aromatic carbocycles. The number of nitrogens with zero attached hydrogens (tertiary/aromatic N) is 1. The molecule has 1 unspecified atom stereocenters. The molecular formula is C9H16ClNO2S. The molecule has 0 bridgehead atoms. The van der Waals surface area contributed by atoms with Gasteiger partial charge in [0.1, 0.15) is 0 Å². The van der Waals surface area contributed by atoms with Gasteiger partial charge in [-0.15, -0.1) is 0 Å². The molecule has 1 fully saturated rings. The molecule has 0 N–H and O–H groups in total. The third kappa shape index (κ3) is 4.98. The Morgan fingerprint density at radius 3 is 2.86 bits per heavy atom. The van der Waals surface area contributed by atoms with E-state index in [0.717, 1.165) is 19.5 Å². The van der Waals surface area contributed by atoms with Crippen LogP contribution in [-0.2, 0) is 9.05 Å². The van der Waals surface area contributed by atoms with E-state index in [1.54, 1.807) is 6.08 Å². The van der Waals surface area contributed by atoms with Crippen molar-refractivity contribution in [3.63, 3.8) is 0 Å². The summed E-state index contributed by atoms with van der Waals surface area (Å²) in [4.78, 5) is 2.26. The average Bonchev–Trinajstić information content (AvgIpc) is 2.01. The predicted octanol–water partition coefficient (Wildman–Crippen LogP) is 1.45. The summed E-state index contributed by atoms with van der Waals surface area (Å²) in [5.41, 5.74) is 0. The van der Waals surface area contributed by atoms with Crippen LogP contribution in [0.1, 0.15) is 12.8 Å². The largest absolute Gasteiger partial charge is 0.306 e. The summed E-state index contributed by atoms with van der Waals surface area (Å²) in [5.74, 6) is 0.418.